The predicted molar refractivity (Wildman–Crippen MR) is 52.7 cm³/mol. The molecular formula is C11H13F3O2. The predicted octanol–water partition coefficient (Wildman–Crippen LogP) is 2.21. The van der Waals surface area contributed by atoms with E-state index in [1.165, 1.54) is 31.2 Å². The third kappa shape index (κ3) is 2.54. The molecule has 16 heavy (non-hydrogen) atoms. The highest BCUT2D eigenvalue weighted by molar-refractivity contribution is 5.24. The van der Waals surface area contributed by atoms with Gasteiger partial charge in [-0.3, -0.25) is 0 Å². The third-order valence-corrected chi connectivity index (χ3v) is 2.31. The first kappa shape index (κ1) is 13.0. The Kier molecular flexibility index (Phi) is 3.60. The van der Waals surface area contributed by atoms with Gasteiger partial charge in [0.1, 0.15) is 0 Å². The second-order valence-corrected chi connectivity index (χ2v) is 3.78. The quantitative estimate of drug-likeness (QED) is 0.841. The summed E-state index contributed by atoms with van der Waals surface area (Å²) in [4.78, 5) is 0. The van der Waals surface area contributed by atoms with Crippen molar-refractivity contribution < 1.29 is 23.4 Å². The summed E-state index contributed by atoms with van der Waals surface area (Å²) in [6.45, 7) is 1.21. The van der Waals surface area contributed by atoms with Gasteiger partial charge in [0.15, 0.2) is 5.60 Å². The van der Waals surface area contributed by atoms with E-state index in [0.717, 1.165) is 0 Å². The molecule has 1 aromatic carbocycles. The van der Waals surface area contributed by atoms with Crippen LogP contribution in [0.5, 0.6) is 0 Å². The molecule has 2 nitrogen and oxygen atoms in total. The van der Waals surface area contributed by atoms with Crippen molar-refractivity contribution in [3.05, 3.63) is 35.9 Å². The van der Waals surface area contributed by atoms with Crippen LogP contribution in [-0.2, 0) is 5.60 Å². The Morgan fingerprint density at radius 1 is 1.19 bits per heavy atom. The molecule has 5 heteroatoms. The first-order chi connectivity index (χ1) is 7.27. The molecule has 0 aliphatic carbocycles. The average molecular weight is 234 g/mol. The molecule has 0 aromatic heterocycles. The average Bonchev–Trinajstić information content (AvgIpc) is 2.16. The summed E-state index contributed by atoms with van der Waals surface area (Å²) in [6.07, 6.45) is -6.84. The summed E-state index contributed by atoms with van der Waals surface area (Å²) in [5.41, 5.74) is -3.26. The zero-order valence-corrected chi connectivity index (χ0v) is 8.70. The lowest BCUT2D eigenvalue weighted by atomic mass is 9.88. The lowest BCUT2D eigenvalue weighted by Crippen LogP contribution is -2.44. The molecule has 90 valence electrons. The highest BCUT2D eigenvalue weighted by Crippen LogP contribution is 2.42. The van der Waals surface area contributed by atoms with Gasteiger partial charge in [-0.25, -0.2) is 0 Å². The third-order valence-electron chi connectivity index (χ3n) is 2.31. The number of aliphatic hydroxyl groups is 2. The molecule has 0 spiro atoms. The summed E-state index contributed by atoms with van der Waals surface area (Å²) < 4.78 is 38.4. The largest absolute Gasteiger partial charge is 0.421 e. The van der Waals surface area contributed by atoms with Crippen LogP contribution >= 0.6 is 0 Å². The number of halogens is 3. The van der Waals surface area contributed by atoms with Gasteiger partial charge in [-0.2, -0.15) is 13.2 Å². The van der Waals surface area contributed by atoms with Crippen molar-refractivity contribution in [1.82, 2.24) is 0 Å². The van der Waals surface area contributed by atoms with Crippen LogP contribution in [0.15, 0.2) is 30.3 Å². The summed E-state index contributed by atoms with van der Waals surface area (Å²) in [5, 5.41) is 18.8. The van der Waals surface area contributed by atoms with Crippen LogP contribution in [0, 0.1) is 0 Å². The monoisotopic (exact) mass is 234 g/mol. The second kappa shape index (κ2) is 4.43. The van der Waals surface area contributed by atoms with Crippen molar-refractivity contribution in [2.24, 2.45) is 0 Å². The SMILES string of the molecule is CC(O)CC(O)(c1ccccc1)C(F)(F)F. The van der Waals surface area contributed by atoms with Gasteiger partial charge in [-0.05, 0) is 12.5 Å². The van der Waals surface area contributed by atoms with Crippen LogP contribution in [0.1, 0.15) is 18.9 Å². The minimum atomic E-state index is -4.81. The van der Waals surface area contributed by atoms with E-state index in [4.69, 9.17) is 5.11 Å². The lowest BCUT2D eigenvalue weighted by Gasteiger charge is -2.32. The van der Waals surface area contributed by atoms with E-state index in [1.807, 2.05) is 0 Å². The standard InChI is InChI=1S/C11H13F3O2/c1-8(15)7-10(16,11(12,13)14)9-5-3-2-4-6-9/h2-6,8,15-16H,7H2,1H3. The molecular weight excluding hydrogens is 221 g/mol. The van der Waals surface area contributed by atoms with Crippen LogP contribution in [0.2, 0.25) is 0 Å². The zero-order chi connectivity index (χ0) is 12.4. The van der Waals surface area contributed by atoms with Gasteiger partial charge in [-0.15, -0.1) is 0 Å². The minimum absolute atomic E-state index is 0.261. The summed E-state index contributed by atoms with van der Waals surface area (Å²) in [6, 6.07) is 6.76. The molecule has 1 aromatic rings. The van der Waals surface area contributed by atoms with Crippen LogP contribution in [0.3, 0.4) is 0 Å². The van der Waals surface area contributed by atoms with Crippen molar-refractivity contribution in [1.29, 1.82) is 0 Å². The molecule has 0 saturated heterocycles. The van der Waals surface area contributed by atoms with Gasteiger partial charge in [0.25, 0.3) is 0 Å². The topological polar surface area (TPSA) is 40.5 Å². The Hall–Kier alpha value is -1.07. The molecule has 0 fully saturated rings. The van der Waals surface area contributed by atoms with Crippen LogP contribution < -0.4 is 0 Å². The molecule has 2 atom stereocenters. The van der Waals surface area contributed by atoms with E-state index >= 15 is 0 Å². The Balaban J connectivity index is 3.16. The molecule has 1 rings (SSSR count). The minimum Gasteiger partial charge on any atom is -0.393 e. The maximum Gasteiger partial charge on any atom is 0.421 e. The molecule has 0 aliphatic heterocycles. The van der Waals surface area contributed by atoms with Crippen LogP contribution in [-0.4, -0.2) is 22.5 Å². The summed E-state index contributed by atoms with van der Waals surface area (Å²) >= 11 is 0. The molecule has 0 radical (unpaired) electrons. The first-order valence-electron chi connectivity index (χ1n) is 4.80. The van der Waals surface area contributed by atoms with Gasteiger partial charge in [0.2, 0.25) is 0 Å². The van der Waals surface area contributed by atoms with E-state index in [2.05, 4.69) is 0 Å². The Bertz CT molecular complexity index is 335. The van der Waals surface area contributed by atoms with Gasteiger partial charge in [0, 0.05) is 6.42 Å². The number of hydrogen-bond donors (Lipinski definition) is 2. The van der Waals surface area contributed by atoms with E-state index in [0.29, 0.717) is 0 Å². The van der Waals surface area contributed by atoms with Crippen molar-refractivity contribution in [3.8, 4) is 0 Å². The van der Waals surface area contributed by atoms with Crippen molar-refractivity contribution in [2.45, 2.75) is 31.2 Å². The van der Waals surface area contributed by atoms with E-state index in [-0.39, 0.29) is 5.56 Å². The van der Waals surface area contributed by atoms with Gasteiger partial charge in [-0.1, -0.05) is 30.3 Å². The molecule has 2 unspecified atom stereocenters. The highest BCUT2D eigenvalue weighted by atomic mass is 19.4. The summed E-state index contributed by atoms with van der Waals surface area (Å²) in [7, 11) is 0. The van der Waals surface area contributed by atoms with Crippen molar-refractivity contribution in [2.75, 3.05) is 0 Å². The van der Waals surface area contributed by atoms with Crippen LogP contribution in [0.4, 0.5) is 13.2 Å². The molecule has 0 aliphatic rings. The zero-order valence-electron chi connectivity index (χ0n) is 8.70. The first-order valence-corrected chi connectivity index (χ1v) is 4.80. The second-order valence-electron chi connectivity index (χ2n) is 3.78. The maximum absolute atomic E-state index is 12.8. The highest BCUT2D eigenvalue weighted by Gasteiger charge is 2.55. The number of aliphatic hydroxyl groups excluding tert-OH is 1. The molecule has 0 amide bonds. The van der Waals surface area contributed by atoms with Gasteiger partial charge >= 0.3 is 6.18 Å². The lowest BCUT2D eigenvalue weighted by molar-refractivity contribution is -0.274. The molecule has 2 N–H and O–H groups in total. The Labute approximate surface area is 91.3 Å². The fourth-order valence-corrected chi connectivity index (χ4v) is 1.54. The van der Waals surface area contributed by atoms with Crippen LogP contribution in [0.25, 0.3) is 0 Å². The smallest absolute Gasteiger partial charge is 0.393 e. The molecule has 0 bridgehead atoms. The number of benzene rings is 1. The summed E-state index contributed by atoms with van der Waals surface area (Å²) in [5.74, 6) is 0. The van der Waals surface area contributed by atoms with E-state index in [9.17, 15) is 18.3 Å². The van der Waals surface area contributed by atoms with E-state index in [1.54, 1.807) is 6.07 Å². The van der Waals surface area contributed by atoms with Gasteiger partial charge < -0.3 is 10.2 Å². The number of alkyl halides is 3. The fraction of sp³-hybridized carbons (Fsp3) is 0.455. The molecule has 0 saturated carbocycles. The maximum atomic E-state index is 12.8. The van der Waals surface area contributed by atoms with Crippen molar-refractivity contribution in [3.63, 3.8) is 0 Å². The van der Waals surface area contributed by atoms with Gasteiger partial charge in [0.05, 0.1) is 6.10 Å². The Morgan fingerprint density at radius 2 is 1.69 bits per heavy atom. The van der Waals surface area contributed by atoms with E-state index < -0.39 is 24.3 Å². The van der Waals surface area contributed by atoms with Crippen molar-refractivity contribution >= 4 is 0 Å². The molecule has 0 heterocycles. The number of hydrogen-bond acceptors (Lipinski definition) is 2. The fourth-order valence-electron chi connectivity index (χ4n) is 1.54. The normalized spacial score (nSPS) is 17.9. The number of rotatable bonds is 3. The Morgan fingerprint density at radius 3 is 2.06 bits per heavy atom.